The molecular weight excluding hydrogens is 332 g/mol. The molecule has 3 aromatic rings. The quantitative estimate of drug-likeness (QED) is 0.666. The number of fused-ring (bicyclic) bond motifs is 1. The highest BCUT2D eigenvalue weighted by atomic mass is 32.1. The van der Waals surface area contributed by atoms with Crippen LogP contribution < -0.4 is 9.54 Å². The highest BCUT2D eigenvalue weighted by Gasteiger charge is 2.10. The maximum absolute atomic E-state index is 12.2. The predicted molar refractivity (Wildman–Crippen MR) is 102 cm³/mol. The van der Waals surface area contributed by atoms with Crippen LogP contribution in [0.5, 0.6) is 5.75 Å². The van der Waals surface area contributed by atoms with Crippen LogP contribution in [0.1, 0.15) is 25.8 Å². The van der Waals surface area contributed by atoms with Gasteiger partial charge in [0.05, 0.1) is 23.2 Å². The van der Waals surface area contributed by atoms with Crippen LogP contribution in [0.25, 0.3) is 10.2 Å². The van der Waals surface area contributed by atoms with Gasteiger partial charge in [-0.1, -0.05) is 48.6 Å². The van der Waals surface area contributed by atoms with E-state index in [1.54, 1.807) is 11.3 Å². The highest BCUT2D eigenvalue weighted by molar-refractivity contribution is 7.16. The van der Waals surface area contributed by atoms with Gasteiger partial charge >= 0.3 is 0 Å². The number of thiazole rings is 1. The van der Waals surface area contributed by atoms with E-state index < -0.39 is 0 Å². The van der Waals surface area contributed by atoms with Gasteiger partial charge in [0, 0.05) is 6.54 Å². The van der Waals surface area contributed by atoms with E-state index >= 15 is 0 Å². The van der Waals surface area contributed by atoms with Crippen molar-refractivity contribution in [1.29, 1.82) is 0 Å². The smallest absolute Gasteiger partial charge is 0.251 e. The fraction of sp³-hybridized carbons (Fsp3) is 0.300. The summed E-state index contributed by atoms with van der Waals surface area (Å²) in [4.78, 5) is 17.4. The molecule has 3 rings (SSSR count). The highest BCUT2D eigenvalue weighted by Crippen LogP contribution is 2.22. The van der Waals surface area contributed by atoms with Crippen molar-refractivity contribution >= 4 is 27.5 Å². The predicted octanol–water partition coefficient (Wildman–Crippen LogP) is 4.18. The van der Waals surface area contributed by atoms with Gasteiger partial charge in [-0.25, -0.2) is 0 Å². The zero-order valence-corrected chi connectivity index (χ0v) is 15.4. The number of benzene rings is 2. The molecule has 1 aromatic heterocycles. The lowest BCUT2D eigenvalue weighted by atomic mass is 10.1. The van der Waals surface area contributed by atoms with Crippen LogP contribution in [0, 0.1) is 0 Å². The number of amides is 1. The number of para-hydroxylation sites is 2. The summed E-state index contributed by atoms with van der Waals surface area (Å²) >= 11 is 1.57. The minimum absolute atomic E-state index is 0.150. The van der Waals surface area contributed by atoms with Crippen LogP contribution in [0.2, 0.25) is 0 Å². The van der Waals surface area contributed by atoms with E-state index in [2.05, 4.69) is 41.6 Å². The first-order valence-electron chi connectivity index (χ1n) is 8.59. The lowest BCUT2D eigenvalue weighted by Crippen LogP contribution is -2.17. The third kappa shape index (κ3) is 3.99. The summed E-state index contributed by atoms with van der Waals surface area (Å²) in [5.74, 6) is 0.621. The molecule has 0 fully saturated rings. The molecule has 0 aliphatic heterocycles. The first-order chi connectivity index (χ1) is 12.2. The zero-order valence-electron chi connectivity index (χ0n) is 14.6. The average Bonchev–Trinajstić information content (AvgIpc) is 2.99. The van der Waals surface area contributed by atoms with Crippen molar-refractivity contribution < 1.29 is 9.53 Å². The number of nitrogens with zero attached hydrogens (tertiary/aromatic N) is 2. The van der Waals surface area contributed by atoms with Gasteiger partial charge in [-0.15, -0.1) is 0 Å². The number of hydrogen-bond acceptors (Lipinski definition) is 3. The van der Waals surface area contributed by atoms with Gasteiger partial charge in [-0.3, -0.25) is 4.79 Å². The molecule has 0 aliphatic rings. The molecule has 0 aliphatic carbocycles. The van der Waals surface area contributed by atoms with Gasteiger partial charge in [-0.2, -0.15) is 4.99 Å². The molecule has 0 spiro atoms. The molecule has 25 heavy (non-hydrogen) atoms. The molecule has 4 nitrogen and oxygen atoms in total. The molecule has 1 amide bonds. The largest absolute Gasteiger partial charge is 0.493 e. The second-order valence-electron chi connectivity index (χ2n) is 5.66. The van der Waals surface area contributed by atoms with Crippen LogP contribution in [0.15, 0.2) is 53.5 Å². The summed E-state index contributed by atoms with van der Waals surface area (Å²) in [6, 6.07) is 15.8. The summed E-state index contributed by atoms with van der Waals surface area (Å²) in [5, 5.41) is 0. The molecule has 0 saturated heterocycles. The van der Waals surface area contributed by atoms with E-state index in [4.69, 9.17) is 4.74 Å². The summed E-state index contributed by atoms with van der Waals surface area (Å²) in [6.07, 6.45) is 1.24. The van der Waals surface area contributed by atoms with Crippen LogP contribution in [0.4, 0.5) is 0 Å². The van der Waals surface area contributed by atoms with Crippen molar-refractivity contribution in [3.63, 3.8) is 0 Å². The molecule has 0 saturated carbocycles. The van der Waals surface area contributed by atoms with Gasteiger partial charge in [0.2, 0.25) is 0 Å². The first-order valence-corrected chi connectivity index (χ1v) is 9.41. The Hall–Kier alpha value is -2.40. The second kappa shape index (κ2) is 8.12. The van der Waals surface area contributed by atoms with Crippen molar-refractivity contribution in [2.24, 2.45) is 4.99 Å². The number of hydrogen-bond donors (Lipinski definition) is 0. The van der Waals surface area contributed by atoms with Gasteiger partial charge in [0.1, 0.15) is 5.75 Å². The SMILES string of the molecule is CCc1cccc2sc(=NC(=O)CCOc3ccccc3)n(CC)c12. The standard InChI is InChI=1S/C20H22N2O2S/c1-3-15-9-8-12-17-19(15)22(4-2)20(25-17)21-18(23)13-14-24-16-10-6-5-7-11-16/h5-12H,3-4,13-14H2,1-2H3. The van der Waals surface area contributed by atoms with Gasteiger partial charge in [-0.05, 0) is 37.1 Å². The van der Waals surface area contributed by atoms with Crippen LogP contribution >= 0.6 is 11.3 Å². The average molecular weight is 354 g/mol. The van der Waals surface area contributed by atoms with Crippen LogP contribution in [0.3, 0.4) is 0 Å². The molecule has 2 aromatic carbocycles. The number of ether oxygens (including phenoxy) is 1. The minimum atomic E-state index is -0.150. The number of carbonyl (C=O) groups excluding carboxylic acids is 1. The first kappa shape index (κ1) is 17.4. The minimum Gasteiger partial charge on any atom is -0.493 e. The fourth-order valence-corrected chi connectivity index (χ4v) is 3.96. The van der Waals surface area contributed by atoms with E-state index in [-0.39, 0.29) is 12.3 Å². The Morgan fingerprint density at radius 2 is 1.92 bits per heavy atom. The van der Waals surface area contributed by atoms with E-state index in [9.17, 15) is 4.79 Å². The third-order valence-electron chi connectivity index (χ3n) is 4.03. The Balaban J connectivity index is 1.79. The lowest BCUT2D eigenvalue weighted by molar-refractivity contribution is -0.118. The lowest BCUT2D eigenvalue weighted by Gasteiger charge is -2.05. The fourth-order valence-electron chi connectivity index (χ4n) is 2.80. The molecular formula is C20H22N2O2S. The van der Waals surface area contributed by atoms with Crippen LogP contribution in [-0.4, -0.2) is 17.1 Å². The van der Waals surface area contributed by atoms with Gasteiger partial charge in [0.25, 0.3) is 5.91 Å². The van der Waals surface area contributed by atoms with Gasteiger partial charge < -0.3 is 9.30 Å². The van der Waals surface area contributed by atoms with Crippen molar-refractivity contribution in [3.05, 3.63) is 58.9 Å². The molecule has 0 N–H and O–H groups in total. The summed E-state index contributed by atoms with van der Waals surface area (Å²) < 4.78 is 8.89. The molecule has 5 heteroatoms. The number of carbonyl (C=O) groups is 1. The van der Waals surface area contributed by atoms with Crippen molar-refractivity contribution in [3.8, 4) is 5.75 Å². The molecule has 130 valence electrons. The van der Waals surface area contributed by atoms with E-state index in [1.807, 2.05) is 30.3 Å². The Morgan fingerprint density at radius 1 is 1.12 bits per heavy atom. The number of aromatic nitrogens is 1. The maximum Gasteiger partial charge on any atom is 0.251 e. The van der Waals surface area contributed by atoms with E-state index in [0.717, 1.165) is 23.5 Å². The Morgan fingerprint density at radius 3 is 2.64 bits per heavy atom. The molecule has 0 bridgehead atoms. The third-order valence-corrected chi connectivity index (χ3v) is 5.07. The normalized spacial score (nSPS) is 11.8. The second-order valence-corrected chi connectivity index (χ2v) is 6.67. The number of rotatable bonds is 6. The maximum atomic E-state index is 12.2. The van der Waals surface area contributed by atoms with Crippen molar-refractivity contribution in [2.75, 3.05) is 6.61 Å². The Labute approximate surface area is 151 Å². The Bertz CT molecular complexity index is 926. The number of aryl methyl sites for hydroxylation is 2. The summed E-state index contributed by atoms with van der Waals surface area (Å²) in [6.45, 7) is 5.36. The monoisotopic (exact) mass is 354 g/mol. The molecule has 0 radical (unpaired) electrons. The topological polar surface area (TPSA) is 43.6 Å². The van der Waals surface area contributed by atoms with Crippen LogP contribution in [-0.2, 0) is 17.8 Å². The molecule has 0 unspecified atom stereocenters. The molecule has 1 heterocycles. The van der Waals surface area contributed by atoms with E-state index in [0.29, 0.717) is 6.61 Å². The zero-order chi connectivity index (χ0) is 17.6. The summed E-state index contributed by atoms with van der Waals surface area (Å²) in [7, 11) is 0. The van der Waals surface area contributed by atoms with Gasteiger partial charge in [0.15, 0.2) is 4.80 Å². The molecule has 0 atom stereocenters. The van der Waals surface area contributed by atoms with Crippen molar-refractivity contribution in [1.82, 2.24) is 4.57 Å². The Kier molecular flexibility index (Phi) is 5.66. The summed E-state index contributed by atoms with van der Waals surface area (Å²) in [5.41, 5.74) is 2.49. The van der Waals surface area contributed by atoms with Crippen molar-refractivity contribution in [2.45, 2.75) is 33.2 Å². The van der Waals surface area contributed by atoms with E-state index in [1.165, 1.54) is 15.8 Å².